The van der Waals surface area contributed by atoms with E-state index in [0.717, 1.165) is 44.6 Å². The maximum absolute atomic E-state index is 16.1. The van der Waals surface area contributed by atoms with E-state index in [2.05, 4.69) is 25.6 Å². The minimum atomic E-state index is -4.57. The van der Waals surface area contributed by atoms with Crippen molar-refractivity contribution in [2.45, 2.75) is 108 Å². The van der Waals surface area contributed by atoms with Gasteiger partial charge in [-0.15, -0.1) is 0 Å². The number of benzene rings is 1. The molecule has 1 spiro atoms. The second-order valence-electron chi connectivity index (χ2n) is 14.5. The summed E-state index contributed by atoms with van der Waals surface area (Å²) in [6, 6.07) is 5.94. The number of aliphatic imine (C=N–C) groups is 1. The zero-order chi connectivity index (χ0) is 35.7. The topological polar surface area (TPSA) is 122 Å². The van der Waals surface area contributed by atoms with Crippen LogP contribution in [-0.2, 0) is 33.5 Å². The third-order valence-electron chi connectivity index (χ3n) is 10.4. The Balaban J connectivity index is 1.06. The largest absolute Gasteiger partial charge is 0.433 e. The van der Waals surface area contributed by atoms with Crippen molar-refractivity contribution in [2.75, 3.05) is 18.0 Å². The van der Waals surface area contributed by atoms with E-state index in [1.807, 2.05) is 24.8 Å². The van der Waals surface area contributed by atoms with Crippen LogP contribution in [0.5, 0.6) is 0 Å². The molecule has 0 atom stereocenters. The first-order valence-corrected chi connectivity index (χ1v) is 17.7. The third kappa shape index (κ3) is 6.94. The number of amidine groups is 1. The van der Waals surface area contributed by atoms with Crippen molar-refractivity contribution < 1.29 is 31.9 Å². The average molecular weight is 706 g/mol. The number of aromatic nitrogens is 3. The first-order valence-electron chi connectivity index (χ1n) is 17.7. The number of carbonyl (C=O) groups excluding carboxylic acids is 2. The fourth-order valence-corrected chi connectivity index (χ4v) is 7.16. The van der Waals surface area contributed by atoms with Crippen molar-refractivity contribution >= 4 is 23.3 Å². The smallest absolute Gasteiger partial charge is 0.373 e. The molecule has 3 saturated carbocycles. The molecule has 10 nitrogen and oxygen atoms in total. The molecule has 14 heteroatoms. The number of pyridine rings is 1. The number of halogens is 4. The number of rotatable bonds is 10. The highest BCUT2D eigenvalue weighted by Crippen LogP contribution is 2.44. The highest BCUT2D eigenvalue weighted by Gasteiger charge is 2.47. The number of nitrogens with zero attached hydrogens (tertiary/aromatic N) is 5. The van der Waals surface area contributed by atoms with Crippen LogP contribution in [0.2, 0.25) is 0 Å². The Morgan fingerprint density at radius 3 is 2.35 bits per heavy atom. The Hall–Kier alpha value is -4.46. The number of anilines is 1. The molecule has 2 N–H and O–H groups in total. The molecule has 8 rings (SSSR count). The van der Waals surface area contributed by atoms with Gasteiger partial charge in [0.05, 0.1) is 24.8 Å². The molecule has 51 heavy (non-hydrogen) atoms. The van der Waals surface area contributed by atoms with Crippen molar-refractivity contribution in [3.8, 4) is 11.1 Å². The Bertz CT molecular complexity index is 1920. The molecule has 3 aliphatic carbocycles. The number of piperidine rings is 1. The Labute approximate surface area is 292 Å². The van der Waals surface area contributed by atoms with Gasteiger partial charge in [-0.3, -0.25) is 14.6 Å². The SMILES string of the molecule is Cc1nc(CC(=O)NC2CC2)nc(C)c1-c1cc(F)c(COC2CC2)c(N2CCC3(CC2)N=C(c2ccc(C(F)(F)F)nc2C2CC2)NC3=O)c1. The fourth-order valence-electron chi connectivity index (χ4n) is 7.16. The van der Waals surface area contributed by atoms with Gasteiger partial charge in [-0.2, -0.15) is 13.2 Å². The summed E-state index contributed by atoms with van der Waals surface area (Å²) in [5.41, 5.74) is 2.32. The van der Waals surface area contributed by atoms with E-state index in [1.165, 1.54) is 12.1 Å². The van der Waals surface area contributed by atoms with Crippen molar-refractivity contribution in [1.29, 1.82) is 0 Å². The van der Waals surface area contributed by atoms with Gasteiger partial charge in [0.1, 0.15) is 28.7 Å². The first kappa shape index (κ1) is 33.7. The van der Waals surface area contributed by atoms with E-state index in [4.69, 9.17) is 9.73 Å². The maximum Gasteiger partial charge on any atom is 0.433 e. The Morgan fingerprint density at radius 2 is 1.73 bits per heavy atom. The number of hydrogen-bond acceptors (Lipinski definition) is 8. The Kier molecular flexibility index (Phi) is 8.35. The highest BCUT2D eigenvalue weighted by molar-refractivity contribution is 6.16. The lowest BCUT2D eigenvalue weighted by molar-refractivity contribution is -0.141. The van der Waals surface area contributed by atoms with Crippen LogP contribution in [0.4, 0.5) is 23.2 Å². The maximum atomic E-state index is 16.1. The van der Waals surface area contributed by atoms with Crippen molar-refractivity contribution in [2.24, 2.45) is 4.99 Å². The van der Waals surface area contributed by atoms with Crippen LogP contribution in [0.25, 0.3) is 11.1 Å². The predicted molar refractivity (Wildman–Crippen MR) is 180 cm³/mol. The monoisotopic (exact) mass is 705 g/mol. The standard InChI is InChI=1S/C37H39F4N7O3/c1-19-32(20(2)43-30(42-19)17-31(49)44-23-5-6-23)22-15-27(38)26(18-51-24-7-8-24)28(16-22)48-13-11-36(12-14-48)35(50)46-34(47-36)25-9-10-29(37(39,40)41)45-33(25)21-3-4-21/h9-10,15-16,21,23-24H,3-8,11-14,17-18H2,1-2H3,(H,44,49)(H,46,47,50). The zero-order valence-electron chi connectivity index (χ0n) is 28.5. The number of aryl methyl sites for hydroxylation is 2. The summed E-state index contributed by atoms with van der Waals surface area (Å²) in [7, 11) is 0. The molecule has 5 aliphatic rings. The van der Waals surface area contributed by atoms with Gasteiger partial charge >= 0.3 is 6.18 Å². The molecule has 2 amide bonds. The van der Waals surface area contributed by atoms with Gasteiger partial charge in [0.25, 0.3) is 5.91 Å². The highest BCUT2D eigenvalue weighted by atomic mass is 19.4. The molecule has 0 unspecified atom stereocenters. The van der Waals surface area contributed by atoms with Gasteiger partial charge in [-0.1, -0.05) is 0 Å². The summed E-state index contributed by atoms with van der Waals surface area (Å²) < 4.78 is 62.5. The number of amides is 2. The van der Waals surface area contributed by atoms with E-state index in [9.17, 15) is 22.8 Å². The summed E-state index contributed by atoms with van der Waals surface area (Å²) in [6.07, 6.45) is 1.57. The van der Waals surface area contributed by atoms with Gasteiger partial charge in [0.15, 0.2) is 0 Å². The van der Waals surface area contributed by atoms with E-state index in [0.29, 0.717) is 76.8 Å². The molecule has 2 aliphatic heterocycles. The van der Waals surface area contributed by atoms with Crippen LogP contribution in [0.1, 0.15) is 97.0 Å². The van der Waals surface area contributed by atoms with Crippen LogP contribution in [0.3, 0.4) is 0 Å². The summed E-state index contributed by atoms with van der Waals surface area (Å²) in [4.78, 5) is 46.0. The average Bonchev–Trinajstić information content (AvgIpc) is 3.92. The molecular formula is C37H39F4N7O3. The van der Waals surface area contributed by atoms with Crippen molar-refractivity contribution in [3.05, 3.63) is 69.8 Å². The molecule has 0 bridgehead atoms. The van der Waals surface area contributed by atoms with Gasteiger partial charge < -0.3 is 20.3 Å². The lowest BCUT2D eigenvalue weighted by atomic mass is 9.87. The lowest BCUT2D eigenvalue weighted by Gasteiger charge is -2.38. The van der Waals surface area contributed by atoms with Gasteiger partial charge in [-0.25, -0.2) is 19.3 Å². The quantitative estimate of drug-likeness (QED) is 0.263. The van der Waals surface area contributed by atoms with E-state index < -0.39 is 23.2 Å². The minimum Gasteiger partial charge on any atom is -0.373 e. The van der Waals surface area contributed by atoms with Gasteiger partial charge in [0.2, 0.25) is 5.91 Å². The van der Waals surface area contributed by atoms with Crippen molar-refractivity contribution in [1.82, 2.24) is 25.6 Å². The van der Waals surface area contributed by atoms with Crippen molar-refractivity contribution in [3.63, 3.8) is 0 Å². The van der Waals surface area contributed by atoms with Crippen LogP contribution >= 0.6 is 0 Å². The number of nitrogens with one attached hydrogen (secondary N) is 2. The molecule has 4 heterocycles. The number of alkyl halides is 3. The van der Waals surface area contributed by atoms with Gasteiger partial charge in [-0.05, 0) is 95.0 Å². The molecule has 1 saturated heterocycles. The zero-order valence-corrected chi connectivity index (χ0v) is 28.5. The number of ether oxygens (including phenoxy) is 1. The molecule has 3 aromatic rings. The summed E-state index contributed by atoms with van der Waals surface area (Å²) in [5, 5.41) is 5.81. The second kappa shape index (κ2) is 12.6. The summed E-state index contributed by atoms with van der Waals surface area (Å²) in [5.74, 6) is -0.273. The van der Waals surface area contributed by atoms with Crippen LogP contribution in [0.15, 0.2) is 29.3 Å². The predicted octanol–water partition coefficient (Wildman–Crippen LogP) is 5.61. The molecular weight excluding hydrogens is 666 g/mol. The van der Waals surface area contributed by atoms with E-state index >= 15 is 4.39 Å². The summed E-state index contributed by atoms with van der Waals surface area (Å²) >= 11 is 0. The third-order valence-corrected chi connectivity index (χ3v) is 10.4. The second-order valence-corrected chi connectivity index (χ2v) is 14.5. The lowest BCUT2D eigenvalue weighted by Crippen LogP contribution is -2.49. The molecule has 268 valence electrons. The Morgan fingerprint density at radius 1 is 1.02 bits per heavy atom. The van der Waals surface area contributed by atoms with Gasteiger partial charge in [0, 0.05) is 58.8 Å². The number of carbonyl (C=O) groups is 2. The molecule has 0 radical (unpaired) electrons. The molecule has 1 aromatic carbocycles. The first-order chi connectivity index (χ1) is 24.4. The minimum absolute atomic E-state index is 0.0695. The normalized spacial score (nSPS) is 20.1. The van der Waals surface area contributed by atoms with E-state index in [-0.39, 0.29) is 48.7 Å². The summed E-state index contributed by atoms with van der Waals surface area (Å²) in [6.45, 7) is 4.52. The molecule has 2 aromatic heterocycles. The number of hydrogen-bond donors (Lipinski definition) is 2. The van der Waals surface area contributed by atoms with E-state index in [1.54, 1.807) is 0 Å². The van der Waals surface area contributed by atoms with Crippen LogP contribution < -0.4 is 15.5 Å². The fraction of sp³-hybridized carbons (Fsp3) is 0.514. The molecule has 4 fully saturated rings. The van der Waals surface area contributed by atoms with Crippen LogP contribution in [-0.4, -0.2) is 63.4 Å². The van der Waals surface area contributed by atoms with Crippen LogP contribution in [0, 0.1) is 19.7 Å².